The number of hydrogen-bond donors (Lipinski definition) is 0. The number of rotatable bonds is 3. The lowest BCUT2D eigenvalue weighted by Crippen LogP contribution is -2.43. The fraction of sp³-hybridized carbons (Fsp3) is 0.700. The summed E-state index contributed by atoms with van der Waals surface area (Å²) < 4.78 is 50.5. The summed E-state index contributed by atoms with van der Waals surface area (Å²) in [6.07, 6.45) is -4.92. The van der Waals surface area contributed by atoms with Gasteiger partial charge in [0, 0.05) is 24.6 Å². The molecule has 1 fully saturated rings. The number of carbonyl (C=O) groups excluding carboxylic acids is 1. The Kier molecular flexibility index (Phi) is 4.43. The zero-order valence-corrected chi connectivity index (χ0v) is 11.3. The van der Waals surface area contributed by atoms with Gasteiger partial charge < -0.3 is 14.4 Å². The van der Waals surface area contributed by atoms with Gasteiger partial charge in [-0.3, -0.25) is 4.79 Å². The first-order chi connectivity index (χ1) is 9.40. The van der Waals surface area contributed by atoms with Crippen molar-refractivity contribution in [2.45, 2.75) is 18.7 Å². The van der Waals surface area contributed by atoms with Crippen molar-refractivity contribution in [1.29, 1.82) is 0 Å². The first kappa shape index (κ1) is 15.0. The number of morpholine rings is 1. The van der Waals surface area contributed by atoms with Crippen LogP contribution in [0.1, 0.15) is 12.2 Å². The molecule has 6 nitrogen and oxygen atoms in total. The Morgan fingerprint density at radius 3 is 2.95 bits per heavy atom. The standard InChI is InChI=1S/C10H12F3N3O3S/c1-18-7(17)4-6-5-16(2-3-19-6)9-14-8(15-20-9)10(11,12)13/h6H,2-5H2,1H3. The van der Waals surface area contributed by atoms with Crippen molar-refractivity contribution in [2.24, 2.45) is 0 Å². The number of ether oxygens (including phenoxy) is 2. The maximum Gasteiger partial charge on any atom is 0.452 e. The molecule has 112 valence electrons. The molecular formula is C10H12F3N3O3S. The van der Waals surface area contributed by atoms with Crippen LogP contribution in [0.3, 0.4) is 0 Å². The van der Waals surface area contributed by atoms with E-state index in [4.69, 9.17) is 4.74 Å². The Balaban J connectivity index is 2.02. The molecule has 2 rings (SSSR count). The molecule has 0 spiro atoms. The molecule has 1 aromatic heterocycles. The van der Waals surface area contributed by atoms with Gasteiger partial charge in [-0.1, -0.05) is 0 Å². The maximum absolute atomic E-state index is 12.4. The number of alkyl halides is 3. The van der Waals surface area contributed by atoms with E-state index in [1.54, 1.807) is 4.90 Å². The van der Waals surface area contributed by atoms with Crippen molar-refractivity contribution in [1.82, 2.24) is 9.36 Å². The minimum atomic E-state index is -4.55. The number of halogens is 3. The zero-order chi connectivity index (χ0) is 14.8. The van der Waals surface area contributed by atoms with E-state index in [9.17, 15) is 18.0 Å². The molecule has 1 aromatic rings. The fourth-order valence-electron chi connectivity index (χ4n) is 1.74. The van der Waals surface area contributed by atoms with Gasteiger partial charge in [-0.2, -0.15) is 22.5 Å². The van der Waals surface area contributed by atoms with E-state index in [0.717, 1.165) is 0 Å². The lowest BCUT2D eigenvalue weighted by Gasteiger charge is -2.31. The van der Waals surface area contributed by atoms with Crippen LogP contribution in [0.4, 0.5) is 18.3 Å². The van der Waals surface area contributed by atoms with Gasteiger partial charge in [0.2, 0.25) is 11.0 Å². The number of methoxy groups -OCH3 is 1. The summed E-state index contributed by atoms with van der Waals surface area (Å²) in [6, 6.07) is 0. The quantitative estimate of drug-likeness (QED) is 0.785. The van der Waals surface area contributed by atoms with Gasteiger partial charge in [0.05, 0.1) is 26.2 Å². The number of hydrogen-bond acceptors (Lipinski definition) is 7. The number of anilines is 1. The molecule has 0 bridgehead atoms. The summed E-state index contributed by atoms with van der Waals surface area (Å²) in [7, 11) is 1.27. The van der Waals surface area contributed by atoms with Crippen LogP contribution in [0.2, 0.25) is 0 Å². The minimum Gasteiger partial charge on any atom is -0.469 e. The monoisotopic (exact) mass is 311 g/mol. The maximum atomic E-state index is 12.4. The third kappa shape index (κ3) is 3.57. The van der Waals surface area contributed by atoms with Crippen molar-refractivity contribution >= 4 is 22.6 Å². The third-order valence-corrected chi connectivity index (χ3v) is 3.48. The Labute approximate surface area is 116 Å². The second-order valence-corrected chi connectivity index (χ2v) is 4.85. The topological polar surface area (TPSA) is 64.5 Å². The molecule has 0 N–H and O–H groups in total. The van der Waals surface area contributed by atoms with E-state index < -0.39 is 24.1 Å². The zero-order valence-electron chi connectivity index (χ0n) is 10.5. The van der Waals surface area contributed by atoms with Crippen LogP contribution in [-0.4, -0.2) is 48.2 Å². The summed E-state index contributed by atoms with van der Waals surface area (Å²) in [5, 5.41) is 0.176. The molecule has 0 saturated carbocycles. The van der Waals surface area contributed by atoms with E-state index in [1.807, 2.05) is 0 Å². The van der Waals surface area contributed by atoms with Crippen LogP contribution >= 0.6 is 11.5 Å². The Hall–Kier alpha value is -1.42. The van der Waals surface area contributed by atoms with Crippen molar-refractivity contribution in [3.05, 3.63) is 5.82 Å². The molecule has 2 heterocycles. The average molecular weight is 311 g/mol. The van der Waals surface area contributed by atoms with E-state index >= 15 is 0 Å². The van der Waals surface area contributed by atoms with Gasteiger partial charge in [0.15, 0.2) is 0 Å². The van der Waals surface area contributed by atoms with Gasteiger partial charge in [-0.05, 0) is 0 Å². The third-order valence-electron chi connectivity index (χ3n) is 2.70. The molecule has 10 heteroatoms. The van der Waals surface area contributed by atoms with E-state index in [-0.39, 0.29) is 18.1 Å². The summed E-state index contributed by atoms with van der Waals surface area (Å²) in [6.45, 7) is 0.994. The smallest absolute Gasteiger partial charge is 0.452 e. The molecule has 1 aliphatic rings. The number of carbonyl (C=O) groups is 1. The van der Waals surface area contributed by atoms with E-state index in [0.29, 0.717) is 24.7 Å². The van der Waals surface area contributed by atoms with Crippen LogP contribution in [0, 0.1) is 0 Å². The first-order valence-corrected chi connectivity index (χ1v) is 6.51. The normalized spacial score (nSPS) is 20.0. The highest BCUT2D eigenvalue weighted by molar-refractivity contribution is 7.09. The summed E-state index contributed by atoms with van der Waals surface area (Å²) in [4.78, 5) is 16.3. The minimum absolute atomic E-state index is 0.0535. The summed E-state index contributed by atoms with van der Waals surface area (Å²) >= 11 is 0.683. The molecule has 1 unspecified atom stereocenters. The summed E-state index contributed by atoms with van der Waals surface area (Å²) in [5.41, 5.74) is 0. The molecule has 20 heavy (non-hydrogen) atoms. The highest BCUT2D eigenvalue weighted by Gasteiger charge is 2.37. The van der Waals surface area contributed by atoms with Crippen molar-refractivity contribution < 1.29 is 27.4 Å². The number of esters is 1. The van der Waals surface area contributed by atoms with E-state index in [2.05, 4.69) is 14.1 Å². The Bertz CT molecular complexity index is 480. The molecule has 1 aliphatic heterocycles. The van der Waals surface area contributed by atoms with Gasteiger partial charge in [0.1, 0.15) is 0 Å². The van der Waals surface area contributed by atoms with Crippen LogP contribution < -0.4 is 4.90 Å². The molecule has 0 radical (unpaired) electrons. The molecule has 0 amide bonds. The van der Waals surface area contributed by atoms with Crippen molar-refractivity contribution in [2.75, 3.05) is 31.7 Å². The van der Waals surface area contributed by atoms with Gasteiger partial charge in [0.25, 0.3) is 0 Å². The number of nitrogens with zero attached hydrogens (tertiary/aromatic N) is 3. The first-order valence-electron chi connectivity index (χ1n) is 5.74. The van der Waals surface area contributed by atoms with Crippen LogP contribution in [0.25, 0.3) is 0 Å². The van der Waals surface area contributed by atoms with Gasteiger partial charge >= 0.3 is 12.1 Å². The molecule has 1 atom stereocenters. The fourth-order valence-corrected chi connectivity index (χ4v) is 2.47. The summed E-state index contributed by atoms with van der Waals surface area (Å²) in [5.74, 6) is -1.57. The largest absolute Gasteiger partial charge is 0.469 e. The predicted octanol–water partition coefficient (Wildman–Crippen LogP) is 1.33. The van der Waals surface area contributed by atoms with Crippen molar-refractivity contribution in [3.63, 3.8) is 0 Å². The van der Waals surface area contributed by atoms with Crippen LogP contribution in [0.5, 0.6) is 0 Å². The highest BCUT2D eigenvalue weighted by Crippen LogP contribution is 2.30. The number of aromatic nitrogens is 2. The van der Waals surface area contributed by atoms with E-state index in [1.165, 1.54) is 7.11 Å². The predicted molar refractivity (Wildman–Crippen MR) is 63.5 cm³/mol. The Morgan fingerprint density at radius 2 is 2.35 bits per heavy atom. The lowest BCUT2D eigenvalue weighted by molar-refractivity contribution is -0.144. The molecule has 1 saturated heterocycles. The highest BCUT2D eigenvalue weighted by atomic mass is 32.1. The Morgan fingerprint density at radius 1 is 1.60 bits per heavy atom. The molecular weight excluding hydrogens is 299 g/mol. The van der Waals surface area contributed by atoms with Gasteiger partial charge in [-0.25, -0.2) is 0 Å². The molecule has 0 aliphatic carbocycles. The van der Waals surface area contributed by atoms with Gasteiger partial charge in [-0.15, -0.1) is 0 Å². The van der Waals surface area contributed by atoms with Crippen molar-refractivity contribution in [3.8, 4) is 0 Å². The second-order valence-electron chi connectivity index (χ2n) is 4.12. The lowest BCUT2D eigenvalue weighted by atomic mass is 10.2. The SMILES string of the molecule is COC(=O)CC1CN(c2nc(C(F)(F)F)ns2)CCO1. The molecule has 0 aromatic carbocycles. The van der Waals surface area contributed by atoms with Crippen LogP contribution in [-0.2, 0) is 20.4 Å². The second kappa shape index (κ2) is 5.92. The average Bonchev–Trinajstić information content (AvgIpc) is 2.88. The van der Waals surface area contributed by atoms with Crippen LogP contribution in [0.15, 0.2) is 0 Å².